The monoisotopic (exact) mass is 302 g/mol. The van der Waals surface area contributed by atoms with E-state index >= 15 is 0 Å². The van der Waals surface area contributed by atoms with Crippen molar-refractivity contribution in [3.05, 3.63) is 12.2 Å². The van der Waals surface area contributed by atoms with Crippen LogP contribution in [-0.2, 0) is 4.57 Å². The van der Waals surface area contributed by atoms with Gasteiger partial charge in [0.15, 0.2) is 0 Å². The van der Waals surface area contributed by atoms with E-state index in [0.717, 1.165) is 32.1 Å². The molecule has 1 unspecified atom stereocenters. The average Bonchev–Trinajstić information content (AvgIpc) is 2.45. The molecule has 0 rings (SSSR count). The molecule has 20 heavy (non-hydrogen) atoms. The fourth-order valence-electron chi connectivity index (χ4n) is 2.40. The molecule has 0 bridgehead atoms. The molecular formula is C17H35O2P. The van der Waals surface area contributed by atoms with Gasteiger partial charge in [0.1, 0.15) is 13.0 Å². The van der Waals surface area contributed by atoms with Gasteiger partial charge in [0.25, 0.3) is 0 Å². The van der Waals surface area contributed by atoms with Crippen LogP contribution in [0.3, 0.4) is 0 Å². The SMILES string of the molecule is CC/C=C/C(O)P(=O)(CCCCCC)CCCCCC. The van der Waals surface area contributed by atoms with Crippen molar-refractivity contribution in [1.82, 2.24) is 0 Å². The third-order valence-electron chi connectivity index (χ3n) is 3.81. The van der Waals surface area contributed by atoms with E-state index < -0.39 is 13.0 Å². The highest BCUT2D eigenvalue weighted by Crippen LogP contribution is 2.52. The minimum absolute atomic E-state index is 0.717. The molecule has 0 saturated heterocycles. The Hall–Kier alpha value is -0.0700. The standard InChI is InChI=1S/C17H35O2P/c1-4-7-10-12-15-20(19,16-13-11-8-5-2)17(18)14-9-6-3/h9,14,17-18H,4-8,10-13,15-16H2,1-3H3/b14-9+. The molecule has 0 radical (unpaired) electrons. The van der Waals surface area contributed by atoms with E-state index in [1.54, 1.807) is 6.08 Å². The smallest absolute Gasteiger partial charge is 0.125 e. The van der Waals surface area contributed by atoms with E-state index in [9.17, 15) is 9.67 Å². The summed E-state index contributed by atoms with van der Waals surface area (Å²) in [5.74, 6) is -0.717. The van der Waals surface area contributed by atoms with Crippen LogP contribution in [0.5, 0.6) is 0 Å². The van der Waals surface area contributed by atoms with Crippen LogP contribution in [-0.4, -0.2) is 23.3 Å². The maximum absolute atomic E-state index is 13.0. The van der Waals surface area contributed by atoms with Crippen molar-refractivity contribution in [3.63, 3.8) is 0 Å². The number of aliphatic hydroxyl groups is 1. The first-order valence-corrected chi connectivity index (χ1v) is 10.7. The Morgan fingerprint density at radius 2 is 1.40 bits per heavy atom. The number of unbranched alkanes of at least 4 members (excludes halogenated alkanes) is 6. The first-order valence-electron chi connectivity index (χ1n) is 8.53. The number of aliphatic hydroxyl groups excluding tert-OH is 1. The van der Waals surface area contributed by atoms with Crippen LogP contribution in [0.15, 0.2) is 12.2 Å². The second-order valence-electron chi connectivity index (χ2n) is 5.77. The van der Waals surface area contributed by atoms with Crippen molar-refractivity contribution >= 4 is 7.14 Å². The zero-order valence-corrected chi connectivity index (χ0v) is 14.7. The van der Waals surface area contributed by atoms with Crippen LogP contribution in [0.4, 0.5) is 0 Å². The summed E-state index contributed by atoms with van der Waals surface area (Å²) >= 11 is 0. The Morgan fingerprint density at radius 1 is 0.900 bits per heavy atom. The molecule has 0 aliphatic carbocycles. The van der Waals surface area contributed by atoms with Crippen LogP contribution in [0.1, 0.15) is 78.6 Å². The fraction of sp³-hybridized carbons (Fsp3) is 0.882. The van der Waals surface area contributed by atoms with Crippen molar-refractivity contribution in [1.29, 1.82) is 0 Å². The highest BCUT2D eigenvalue weighted by Gasteiger charge is 2.28. The molecule has 0 aromatic heterocycles. The topological polar surface area (TPSA) is 37.3 Å². The molecule has 1 atom stereocenters. The fourth-order valence-corrected chi connectivity index (χ4v) is 5.11. The van der Waals surface area contributed by atoms with Crippen molar-refractivity contribution in [2.75, 3.05) is 12.3 Å². The molecule has 0 heterocycles. The Labute approximate surface area is 126 Å². The molecular weight excluding hydrogens is 267 g/mol. The van der Waals surface area contributed by atoms with Gasteiger partial charge in [0.05, 0.1) is 0 Å². The third kappa shape index (κ3) is 8.97. The molecule has 0 aromatic carbocycles. The van der Waals surface area contributed by atoms with Gasteiger partial charge in [0, 0.05) is 12.3 Å². The Kier molecular flexibility index (Phi) is 12.6. The summed E-state index contributed by atoms with van der Waals surface area (Å²) < 4.78 is 13.0. The quantitative estimate of drug-likeness (QED) is 0.265. The molecule has 0 aliphatic heterocycles. The van der Waals surface area contributed by atoms with E-state index in [-0.39, 0.29) is 0 Å². The summed E-state index contributed by atoms with van der Waals surface area (Å²) in [5.41, 5.74) is 0. The first-order chi connectivity index (χ1) is 9.60. The van der Waals surface area contributed by atoms with Crippen LogP contribution < -0.4 is 0 Å². The van der Waals surface area contributed by atoms with Crippen molar-refractivity contribution in [3.8, 4) is 0 Å². The minimum Gasteiger partial charge on any atom is -0.381 e. The number of hydrogen-bond donors (Lipinski definition) is 1. The van der Waals surface area contributed by atoms with Crippen molar-refractivity contribution in [2.45, 2.75) is 84.4 Å². The molecule has 0 fully saturated rings. The average molecular weight is 302 g/mol. The highest BCUT2D eigenvalue weighted by atomic mass is 31.2. The summed E-state index contributed by atoms with van der Waals surface area (Å²) in [6.07, 6.45) is 15.1. The lowest BCUT2D eigenvalue weighted by Gasteiger charge is -2.22. The third-order valence-corrected chi connectivity index (χ3v) is 7.09. The lowest BCUT2D eigenvalue weighted by Crippen LogP contribution is -2.11. The maximum atomic E-state index is 13.0. The van der Waals surface area contributed by atoms with E-state index in [4.69, 9.17) is 0 Å². The molecule has 0 aromatic rings. The maximum Gasteiger partial charge on any atom is 0.125 e. The first kappa shape index (κ1) is 19.9. The number of allylic oxidation sites excluding steroid dienone is 1. The number of hydrogen-bond acceptors (Lipinski definition) is 2. The number of rotatable bonds is 13. The van der Waals surface area contributed by atoms with Gasteiger partial charge in [-0.15, -0.1) is 0 Å². The van der Waals surface area contributed by atoms with Crippen LogP contribution in [0.2, 0.25) is 0 Å². The second kappa shape index (κ2) is 12.7. The second-order valence-corrected chi connectivity index (χ2v) is 9.10. The highest BCUT2D eigenvalue weighted by molar-refractivity contribution is 7.64. The Balaban J connectivity index is 4.41. The molecule has 0 aliphatic rings. The minimum atomic E-state index is -2.45. The normalized spacial score (nSPS) is 14.0. The largest absolute Gasteiger partial charge is 0.381 e. The van der Waals surface area contributed by atoms with Gasteiger partial charge in [-0.2, -0.15) is 0 Å². The molecule has 3 heteroatoms. The van der Waals surface area contributed by atoms with Gasteiger partial charge in [-0.05, 0) is 19.3 Å². The van der Waals surface area contributed by atoms with Crippen LogP contribution in [0.25, 0.3) is 0 Å². The van der Waals surface area contributed by atoms with Gasteiger partial charge in [0.2, 0.25) is 0 Å². The van der Waals surface area contributed by atoms with E-state index in [1.165, 1.54) is 25.7 Å². The summed E-state index contributed by atoms with van der Waals surface area (Å²) in [5, 5.41) is 10.3. The van der Waals surface area contributed by atoms with Gasteiger partial charge < -0.3 is 9.67 Å². The van der Waals surface area contributed by atoms with Gasteiger partial charge in [-0.1, -0.05) is 71.4 Å². The van der Waals surface area contributed by atoms with Gasteiger partial charge in [-0.25, -0.2) is 0 Å². The van der Waals surface area contributed by atoms with Crippen LogP contribution in [0, 0.1) is 0 Å². The van der Waals surface area contributed by atoms with Crippen LogP contribution >= 0.6 is 7.14 Å². The van der Waals surface area contributed by atoms with Crippen molar-refractivity contribution in [2.24, 2.45) is 0 Å². The molecule has 120 valence electrons. The summed E-state index contributed by atoms with van der Waals surface area (Å²) in [6.45, 7) is 6.41. The lowest BCUT2D eigenvalue weighted by atomic mass is 10.2. The Morgan fingerprint density at radius 3 is 1.80 bits per heavy atom. The van der Waals surface area contributed by atoms with Gasteiger partial charge in [-0.3, -0.25) is 0 Å². The molecule has 0 amide bonds. The Bertz CT molecular complexity index is 271. The molecule has 0 saturated carbocycles. The molecule has 2 nitrogen and oxygen atoms in total. The van der Waals surface area contributed by atoms with Crippen molar-refractivity contribution < 1.29 is 9.67 Å². The molecule has 0 spiro atoms. The van der Waals surface area contributed by atoms with E-state index in [1.807, 2.05) is 13.0 Å². The zero-order chi connectivity index (χ0) is 15.3. The van der Waals surface area contributed by atoms with E-state index in [2.05, 4.69) is 13.8 Å². The summed E-state index contributed by atoms with van der Waals surface area (Å²) in [4.78, 5) is 0. The summed E-state index contributed by atoms with van der Waals surface area (Å²) in [6, 6.07) is 0. The predicted molar refractivity (Wildman–Crippen MR) is 91.1 cm³/mol. The summed E-state index contributed by atoms with van der Waals surface area (Å²) in [7, 11) is -2.45. The van der Waals surface area contributed by atoms with Gasteiger partial charge >= 0.3 is 0 Å². The lowest BCUT2D eigenvalue weighted by molar-refractivity contribution is 0.291. The van der Waals surface area contributed by atoms with E-state index in [0.29, 0.717) is 12.3 Å². The zero-order valence-electron chi connectivity index (χ0n) is 13.8. The predicted octanol–water partition coefficient (Wildman–Crippen LogP) is 5.79. The molecule has 1 N–H and O–H groups in total.